The molecule has 1 aromatic heterocycles. The Kier molecular flexibility index (Phi) is 9.03. The molecule has 2 aliphatic heterocycles. The van der Waals surface area contributed by atoms with Crippen molar-refractivity contribution < 1.29 is 47.1 Å². The number of amides is 4. The molecule has 4 amide bonds. The number of hydrazine groups is 1. The number of phenols is 1. The average molecular weight is 823 g/mol. The van der Waals surface area contributed by atoms with Crippen LogP contribution < -0.4 is 15.1 Å². The number of aromatic hydroxyl groups is 1. The number of nitro groups is 1. The molecule has 3 heterocycles. The fourth-order valence-corrected chi connectivity index (χ4v) is 9.43. The normalized spacial score (nSPS) is 25.5. The zero-order valence-electron chi connectivity index (χ0n) is 29.4. The van der Waals surface area contributed by atoms with Gasteiger partial charge in [0.1, 0.15) is 11.5 Å². The lowest BCUT2D eigenvalue weighted by Gasteiger charge is -2.50. The van der Waals surface area contributed by atoms with Crippen molar-refractivity contribution >= 4 is 64.0 Å². The number of methoxy groups -OCH3 is 1. The van der Waals surface area contributed by atoms with Gasteiger partial charge in [0.05, 0.1) is 51.5 Å². The molecule has 2 N–H and O–H groups in total. The monoisotopic (exact) mass is 821 g/mol. The van der Waals surface area contributed by atoms with Gasteiger partial charge in [-0.1, -0.05) is 59.1 Å². The summed E-state index contributed by atoms with van der Waals surface area (Å²) in [5.74, 6) is -9.22. The topological polar surface area (TPSA) is 172 Å². The Labute approximate surface area is 330 Å². The lowest BCUT2D eigenvalue weighted by atomic mass is 9.49. The molecule has 0 spiro atoms. The van der Waals surface area contributed by atoms with Crippen LogP contribution in [0.2, 0.25) is 10.0 Å². The van der Waals surface area contributed by atoms with E-state index in [0.29, 0.717) is 27.9 Å². The highest BCUT2D eigenvalue weighted by Gasteiger charge is 2.71. The van der Waals surface area contributed by atoms with Crippen LogP contribution in [-0.4, -0.2) is 50.8 Å². The number of ether oxygens (including phenoxy) is 1. The maximum atomic E-state index is 15.4. The van der Waals surface area contributed by atoms with Gasteiger partial charge in [0, 0.05) is 34.8 Å². The highest BCUT2D eigenvalue weighted by molar-refractivity contribution is 6.33. The van der Waals surface area contributed by atoms with E-state index in [1.165, 1.54) is 49.6 Å². The third-order valence-corrected chi connectivity index (χ3v) is 11.9. The predicted octanol–water partition coefficient (Wildman–Crippen LogP) is 7.22. The van der Waals surface area contributed by atoms with Gasteiger partial charge >= 0.3 is 6.18 Å². The van der Waals surface area contributed by atoms with Gasteiger partial charge < -0.3 is 9.84 Å². The molecule has 6 unspecified atom stereocenters. The van der Waals surface area contributed by atoms with Crippen molar-refractivity contribution in [3.8, 4) is 11.5 Å². The van der Waals surface area contributed by atoms with Gasteiger partial charge in [-0.15, -0.1) is 0 Å². The summed E-state index contributed by atoms with van der Waals surface area (Å²) in [6.45, 7) is 0. The van der Waals surface area contributed by atoms with Crippen LogP contribution in [0.4, 0.5) is 30.4 Å². The van der Waals surface area contributed by atoms with Crippen LogP contribution >= 0.6 is 23.2 Å². The maximum Gasteiger partial charge on any atom is 0.417 e. The van der Waals surface area contributed by atoms with Crippen molar-refractivity contribution in [1.29, 1.82) is 0 Å². The second kappa shape index (κ2) is 13.6. The number of pyridine rings is 1. The standard InChI is InChI=1S/C39H28Cl2F3N5O8/c1-57-29-7-3-6-28(50)31(29)32-23-12-13-24-30(36(53)47(34(24)51)21-4-2-5-22(15-21)49(55)56)25(23)16-26-35(52)48(37(54)38(26,32)18-8-10-20(40)11-9-18)46-33-27(41)14-19(17-45-33)39(42,43)44/h2-12,14-15,17,24-26,30,32,50H,13,16H2,1H3,(H,45,46). The number of alkyl halides is 3. The van der Waals surface area contributed by atoms with Gasteiger partial charge in [0.25, 0.3) is 17.5 Å². The third-order valence-electron chi connectivity index (χ3n) is 11.4. The minimum absolute atomic E-state index is 0.00451. The number of nitrogens with zero attached hydrogens (tertiary/aromatic N) is 4. The number of allylic oxidation sites excluding steroid dienone is 2. The zero-order chi connectivity index (χ0) is 40.7. The number of imide groups is 2. The van der Waals surface area contributed by atoms with Gasteiger partial charge in [-0.05, 0) is 60.7 Å². The summed E-state index contributed by atoms with van der Waals surface area (Å²) in [5, 5.41) is 23.6. The molecule has 2 aliphatic carbocycles. The first-order chi connectivity index (χ1) is 27.1. The van der Waals surface area contributed by atoms with Crippen LogP contribution in [0.5, 0.6) is 11.5 Å². The lowest BCUT2D eigenvalue weighted by molar-refractivity contribution is -0.384. The fraction of sp³-hybridized carbons (Fsp3) is 0.256. The van der Waals surface area contributed by atoms with Crippen LogP contribution in [0.3, 0.4) is 0 Å². The van der Waals surface area contributed by atoms with Gasteiger partial charge in [0.2, 0.25) is 11.8 Å². The van der Waals surface area contributed by atoms with E-state index < -0.39 is 86.1 Å². The molecule has 8 rings (SSSR count). The van der Waals surface area contributed by atoms with Crippen LogP contribution in [0.15, 0.2) is 90.6 Å². The molecule has 6 atom stereocenters. The summed E-state index contributed by atoms with van der Waals surface area (Å²) in [5.41, 5.74) is -0.0951. The maximum absolute atomic E-state index is 15.4. The number of carbonyl (C=O) groups is 4. The Hall–Kier alpha value is -6.00. The second-order valence-corrected chi connectivity index (χ2v) is 14.9. The number of anilines is 2. The van der Waals surface area contributed by atoms with E-state index in [1.807, 2.05) is 0 Å². The minimum atomic E-state index is -4.79. The van der Waals surface area contributed by atoms with E-state index in [0.717, 1.165) is 11.0 Å². The van der Waals surface area contributed by atoms with Crippen molar-refractivity contribution in [2.45, 2.75) is 30.4 Å². The number of fused-ring (bicyclic) bond motifs is 4. The number of aromatic nitrogens is 1. The van der Waals surface area contributed by atoms with Crippen molar-refractivity contribution in [2.75, 3.05) is 17.4 Å². The molecule has 4 aromatic rings. The number of phenolic OH excluding ortho intramolecular Hbond substituents is 1. The molecule has 0 bridgehead atoms. The summed E-state index contributed by atoms with van der Waals surface area (Å²) in [7, 11) is 1.35. The van der Waals surface area contributed by atoms with Crippen LogP contribution in [0, 0.1) is 33.8 Å². The van der Waals surface area contributed by atoms with Crippen molar-refractivity contribution in [1.82, 2.24) is 9.99 Å². The Morgan fingerprint density at radius 1 is 0.982 bits per heavy atom. The van der Waals surface area contributed by atoms with Gasteiger partial charge in [0.15, 0.2) is 5.82 Å². The Bertz CT molecular complexity index is 2450. The Morgan fingerprint density at radius 2 is 1.70 bits per heavy atom. The molecule has 3 fully saturated rings. The number of rotatable bonds is 7. The number of hydrogen-bond acceptors (Lipinski definition) is 10. The third kappa shape index (κ3) is 5.71. The molecular weight excluding hydrogens is 794 g/mol. The predicted molar refractivity (Wildman–Crippen MR) is 197 cm³/mol. The largest absolute Gasteiger partial charge is 0.508 e. The van der Waals surface area contributed by atoms with Crippen LogP contribution in [0.1, 0.15) is 35.4 Å². The van der Waals surface area contributed by atoms with Crippen molar-refractivity contribution in [3.05, 3.63) is 127 Å². The summed E-state index contributed by atoms with van der Waals surface area (Å²) in [4.78, 5) is 74.5. The summed E-state index contributed by atoms with van der Waals surface area (Å²) >= 11 is 12.6. The quantitative estimate of drug-likeness (QED) is 0.0839. The van der Waals surface area contributed by atoms with Gasteiger partial charge in [-0.2, -0.15) is 18.2 Å². The first-order valence-corrected chi connectivity index (χ1v) is 18.2. The van der Waals surface area contributed by atoms with Crippen molar-refractivity contribution in [2.24, 2.45) is 23.7 Å². The molecule has 0 radical (unpaired) electrons. The molecular formula is C39H28Cl2F3N5O8. The number of halogens is 5. The summed E-state index contributed by atoms with van der Waals surface area (Å²) in [6.07, 6.45) is -2.78. The van der Waals surface area contributed by atoms with Gasteiger partial charge in [-0.3, -0.25) is 34.7 Å². The molecule has 3 aromatic carbocycles. The Balaban J connectivity index is 1.33. The van der Waals surface area contributed by atoms with Crippen LogP contribution in [0.25, 0.3) is 0 Å². The zero-order valence-corrected chi connectivity index (χ0v) is 30.9. The highest BCUT2D eigenvalue weighted by Crippen LogP contribution is 2.66. The van der Waals surface area contributed by atoms with Gasteiger partial charge in [-0.25, -0.2) is 9.88 Å². The minimum Gasteiger partial charge on any atom is -0.508 e. The average Bonchev–Trinajstić information content (AvgIpc) is 3.56. The highest BCUT2D eigenvalue weighted by atomic mass is 35.5. The SMILES string of the molecule is COc1cccc(O)c1C1C2=CCC3C(=O)N(c4cccc([N+](=O)[O-])c4)C(=O)C3C2CC2C(=O)N(Nc3ncc(C(F)(F)F)cc3Cl)C(=O)C21c1ccc(Cl)cc1. The van der Waals surface area contributed by atoms with Crippen molar-refractivity contribution in [3.63, 3.8) is 0 Å². The second-order valence-electron chi connectivity index (χ2n) is 14.1. The first kappa shape index (κ1) is 37.9. The van der Waals surface area contributed by atoms with E-state index >= 15 is 4.79 Å². The number of non-ortho nitro benzene ring substituents is 1. The van der Waals surface area contributed by atoms with E-state index in [4.69, 9.17) is 27.9 Å². The number of nitrogens with one attached hydrogen (secondary N) is 1. The van der Waals surface area contributed by atoms with E-state index in [2.05, 4.69) is 10.4 Å². The molecule has 292 valence electrons. The molecule has 57 heavy (non-hydrogen) atoms. The molecule has 1 saturated carbocycles. The Morgan fingerprint density at radius 3 is 2.37 bits per heavy atom. The summed E-state index contributed by atoms with van der Waals surface area (Å²) in [6, 6.07) is 16.2. The first-order valence-electron chi connectivity index (χ1n) is 17.4. The molecule has 4 aliphatic rings. The number of nitro benzene ring substituents is 1. The van der Waals surface area contributed by atoms with Crippen LogP contribution in [-0.2, 0) is 30.8 Å². The fourth-order valence-electron chi connectivity index (χ4n) is 9.10. The molecule has 18 heteroatoms. The molecule has 13 nitrogen and oxygen atoms in total. The molecule has 2 saturated heterocycles. The number of benzene rings is 3. The smallest absolute Gasteiger partial charge is 0.417 e. The van der Waals surface area contributed by atoms with E-state index in [9.17, 15) is 42.8 Å². The number of carbonyl (C=O) groups excluding carboxylic acids is 4. The lowest BCUT2D eigenvalue weighted by Crippen LogP contribution is -2.53. The number of hydrogen-bond donors (Lipinski definition) is 2. The van der Waals surface area contributed by atoms with E-state index in [1.54, 1.807) is 24.3 Å². The van der Waals surface area contributed by atoms with E-state index in [-0.39, 0.29) is 46.8 Å². The summed E-state index contributed by atoms with van der Waals surface area (Å²) < 4.78 is 46.2.